The number of amides is 3. The van der Waals surface area contributed by atoms with E-state index < -0.39 is 5.60 Å². The zero-order valence-corrected chi connectivity index (χ0v) is 14.3. The first-order chi connectivity index (χ1) is 11.3. The van der Waals surface area contributed by atoms with Crippen molar-refractivity contribution in [3.05, 3.63) is 35.4 Å². The monoisotopic (exact) mass is 332 g/mol. The van der Waals surface area contributed by atoms with Crippen molar-refractivity contribution in [2.24, 2.45) is 5.92 Å². The Bertz CT molecular complexity index is 619. The first-order valence-corrected chi connectivity index (χ1v) is 8.22. The Morgan fingerprint density at radius 3 is 2.29 bits per heavy atom. The van der Waals surface area contributed by atoms with Crippen LogP contribution < -0.4 is 5.32 Å². The molecular formula is C18H24N2O4. The molecule has 1 heterocycles. The molecule has 0 radical (unpaired) electrons. The predicted octanol–water partition coefficient (Wildman–Crippen LogP) is 1.59. The molecule has 2 rings (SSSR count). The number of hydrogen-bond donors (Lipinski definition) is 2. The molecular weight excluding hydrogens is 308 g/mol. The average Bonchev–Trinajstić information content (AvgIpc) is 2.82. The van der Waals surface area contributed by atoms with E-state index in [0.717, 1.165) is 11.3 Å². The van der Waals surface area contributed by atoms with E-state index in [-0.39, 0.29) is 43.1 Å². The number of fused-ring (bicyclic) bond motifs is 1. The van der Waals surface area contributed by atoms with E-state index in [2.05, 4.69) is 5.32 Å². The minimum Gasteiger partial charge on any atom is -0.388 e. The lowest BCUT2D eigenvalue weighted by atomic mass is 9.88. The van der Waals surface area contributed by atoms with E-state index in [1.54, 1.807) is 31.2 Å². The van der Waals surface area contributed by atoms with Gasteiger partial charge in [-0.25, -0.2) is 0 Å². The third kappa shape index (κ3) is 3.64. The van der Waals surface area contributed by atoms with Gasteiger partial charge in [0.2, 0.25) is 5.91 Å². The number of hydrogen-bond acceptors (Lipinski definition) is 4. The summed E-state index contributed by atoms with van der Waals surface area (Å²) in [6, 6.07) is 6.63. The number of carbonyl (C=O) groups excluding carboxylic acids is 3. The molecule has 24 heavy (non-hydrogen) atoms. The van der Waals surface area contributed by atoms with Crippen molar-refractivity contribution in [3.8, 4) is 0 Å². The van der Waals surface area contributed by atoms with Crippen molar-refractivity contribution in [1.29, 1.82) is 0 Å². The van der Waals surface area contributed by atoms with Crippen LogP contribution in [0.2, 0.25) is 0 Å². The van der Waals surface area contributed by atoms with E-state index in [4.69, 9.17) is 0 Å². The Labute approximate surface area is 141 Å². The SMILES string of the molecule is CCC(C)C(C)(O)CNC(=O)CCN1C(=O)c2ccccc2C1=O. The summed E-state index contributed by atoms with van der Waals surface area (Å²) in [6.45, 7) is 5.76. The maximum Gasteiger partial charge on any atom is 0.261 e. The van der Waals surface area contributed by atoms with E-state index in [1.165, 1.54) is 0 Å². The molecule has 1 aromatic rings. The number of carbonyl (C=O) groups is 3. The molecule has 0 bridgehead atoms. The molecule has 2 atom stereocenters. The largest absolute Gasteiger partial charge is 0.388 e. The van der Waals surface area contributed by atoms with Crippen LogP contribution in [-0.2, 0) is 4.79 Å². The van der Waals surface area contributed by atoms with Crippen LogP contribution in [-0.4, -0.2) is 46.4 Å². The summed E-state index contributed by atoms with van der Waals surface area (Å²) in [5.74, 6) is -0.978. The highest BCUT2D eigenvalue weighted by atomic mass is 16.3. The molecule has 2 unspecified atom stereocenters. The third-order valence-electron chi connectivity index (χ3n) is 4.76. The first-order valence-electron chi connectivity index (χ1n) is 8.22. The van der Waals surface area contributed by atoms with Crippen LogP contribution in [0.1, 0.15) is 54.3 Å². The van der Waals surface area contributed by atoms with Crippen LogP contribution in [0.15, 0.2) is 24.3 Å². The van der Waals surface area contributed by atoms with Crippen LogP contribution in [0.5, 0.6) is 0 Å². The number of benzene rings is 1. The van der Waals surface area contributed by atoms with Gasteiger partial charge in [-0.3, -0.25) is 19.3 Å². The lowest BCUT2D eigenvalue weighted by Crippen LogP contribution is -2.45. The van der Waals surface area contributed by atoms with Gasteiger partial charge in [0.15, 0.2) is 0 Å². The van der Waals surface area contributed by atoms with Crippen LogP contribution in [0, 0.1) is 5.92 Å². The molecule has 0 saturated carbocycles. The molecule has 6 nitrogen and oxygen atoms in total. The Balaban J connectivity index is 1.87. The number of aliphatic hydroxyl groups is 1. The van der Waals surface area contributed by atoms with Gasteiger partial charge < -0.3 is 10.4 Å². The molecule has 1 aliphatic heterocycles. The van der Waals surface area contributed by atoms with Crippen molar-refractivity contribution in [2.75, 3.05) is 13.1 Å². The minimum atomic E-state index is -0.986. The highest BCUT2D eigenvalue weighted by Gasteiger charge is 2.35. The number of imide groups is 1. The molecule has 6 heteroatoms. The van der Waals surface area contributed by atoms with Crippen molar-refractivity contribution in [1.82, 2.24) is 10.2 Å². The van der Waals surface area contributed by atoms with E-state index >= 15 is 0 Å². The fourth-order valence-corrected chi connectivity index (χ4v) is 2.64. The molecule has 0 fully saturated rings. The summed E-state index contributed by atoms with van der Waals surface area (Å²) in [4.78, 5) is 37.5. The quantitative estimate of drug-likeness (QED) is 0.742. The second kappa shape index (κ2) is 7.13. The summed E-state index contributed by atoms with van der Waals surface area (Å²) < 4.78 is 0. The van der Waals surface area contributed by atoms with Gasteiger partial charge in [-0.2, -0.15) is 0 Å². The summed E-state index contributed by atoms with van der Waals surface area (Å²) in [5.41, 5.74) is -0.231. The molecule has 130 valence electrons. The number of rotatable bonds is 7. The van der Waals surface area contributed by atoms with Crippen molar-refractivity contribution in [2.45, 2.75) is 39.2 Å². The molecule has 0 spiro atoms. The fourth-order valence-electron chi connectivity index (χ4n) is 2.64. The summed E-state index contributed by atoms with van der Waals surface area (Å²) >= 11 is 0. The van der Waals surface area contributed by atoms with Gasteiger partial charge in [0.05, 0.1) is 16.7 Å². The van der Waals surface area contributed by atoms with Crippen LogP contribution in [0.4, 0.5) is 0 Å². The summed E-state index contributed by atoms with van der Waals surface area (Å²) in [7, 11) is 0. The molecule has 0 saturated heterocycles. The maximum absolute atomic E-state index is 12.2. The van der Waals surface area contributed by atoms with Gasteiger partial charge in [0.1, 0.15) is 0 Å². The topological polar surface area (TPSA) is 86.7 Å². The van der Waals surface area contributed by atoms with Gasteiger partial charge in [-0.1, -0.05) is 32.4 Å². The average molecular weight is 332 g/mol. The Kier molecular flexibility index (Phi) is 5.39. The molecule has 0 aliphatic carbocycles. The molecule has 2 N–H and O–H groups in total. The highest BCUT2D eigenvalue weighted by Crippen LogP contribution is 2.22. The number of nitrogens with zero attached hydrogens (tertiary/aromatic N) is 1. The van der Waals surface area contributed by atoms with E-state index in [9.17, 15) is 19.5 Å². The van der Waals surface area contributed by atoms with Gasteiger partial charge in [0, 0.05) is 19.5 Å². The predicted molar refractivity (Wildman–Crippen MR) is 89.5 cm³/mol. The Hall–Kier alpha value is -2.21. The van der Waals surface area contributed by atoms with Crippen molar-refractivity contribution in [3.63, 3.8) is 0 Å². The van der Waals surface area contributed by atoms with Crippen molar-refractivity contribution >= 4 is 17.7 Å². The van der Waals surface area contributed by atoms with Gasteiger partial charge in [0.25, 0.3) is 11.8 Å². The molecule has 3 amide bonds. The molecule has 0 aromatic heterocycles. The lowest BCUT2D eigenvalue weighted by Gasteiger charge is -2.29. The second-order valence-electron chi connectivity index (χ2n) is 6.50. The smallest absolute Gasteiger partial charge is 0.261 e. The van der Waals surface area contributed by atoms with Gasteiger partial charge in [-0.15, -0.1) is 0 Å². The number of nitrogens with one attached hydrogen (secondary N) is 1. The summed E-state index contributed by atoms with van der Waals surface area (Å²) in [6.07, 6.45) is 0.819. The zero-order valence-electron chi connectivity index (χ0n) is 14.3. The standard InChI is InChI=1S/C18H24N2O4/c1-4-12(2)18(3,24)11-19-15(21)9-10-20-16(22)13-7-5-6-8-14(13)17(20)23/h5-8,12,24H,4,9-11H2,1-3H3,(H,19,21). The van der Waals surface area contributed by atoms with Gasteiger partial charge in [-0.05, 0) is 25.0 Å². The van der Waals surface area contributed by atoms with Crippen molar-refractivity contribution < 1.29 is 19.5 Å². The van der Waals surface area contributed by atoms with Gasteiger partial charge >= 0.3 is 0 Å². The van der Waals surface area contributed by atoms with Crippen LogP contribution in [0.3, 0.4) is 0 Å². The first kappa shape index (κ1) is 18.1. The normalized spacial score (nSPS) is 17.4. The fraction of sp³-hybridized carbons (Fsp3) is 0.500. The maximum atomic E-state index is 12.2. The van der Waals surface area contributed by atoms with E-state index in [0.29, 0.717) is 11.1 Å². The Morgan fingerprint density at radius 1 is 1.25 bits per heavy atom. The molecule has 1 aliphatic rings. The van der Waals surface area contributed by atoms with Crippen LogP contribution in [0.25, 0.3) is 0 Å². The Morgan fingerprint density at radius 2 is 1.79 bits per heavy atom. The molecule has 1 aromatic carbocycles. The zero-order chi connectivity index (χ0) is 17.9. The summed E-state index contributed by atoms with van der Waals surface area (Å²) in [5, 5.41) is 13.0. The lowest BCUT2D eigenvalue weighted by molar-refractivity contribution is -0.122. The third-order valence-corrected chi connectivity index (χ3v) is 4.76. The second-order valence-corrected chi connectivity index (χ2v) is 6.50. The minimum absolute atomic E-state index is 0.0159. The highest BCUT2D eigenvalue weighted by molar-refractivity contribution is 6.21. The van der Waals surface area contributed by atoms with Crippen LogP contribution >= 0.6 is 0 Å². The van der Waals surface area contributed by atoms with E-state index in [1.807, 2.05) is 13.8 Å².